The summed E-state index contributed by atoms with van der Waals surface area (Å²) >= 11 is 0. The van der Waals surface area contributed by atoms with Gasteiger partial charge in [0.2, 0.25) is 0 Å². The van der Waals surface area contributed by atoms with Crippen LogP contribution in [0.3, 0.4) is 0 Å². The number of benzene rings is 1. The number of rotatable bonds is 3. The van der Waals surface area contributed by atoms with Gasteiger partial charge in [0.1, 0.15) is 11.5 Å². The van der Waals surface area contributed by atoms with Crippen LogP contribution >= 0.6 is 0 Å². The highest BCUT2D eigenvalue weighted by Crippen LogP contribution is 2.40. The lowest BCUT2D eigenvalue weighted by Gasteiger charge is -2.22. The van der Waals surface area contributed by atoms with E-state index in [1.807, 2.05) is 6.07 Å². The summed E-state index contributed by atoms with van der Waals surface area (Å²) < 4.78 is 5.38. The summed E-state index contributed by atoms with van der Waals surface area (Å²) in [4.78, 5) is 0. The molecule has 1 unspecified atom stereocenters. The van der Waals surface area contributed by atoms with Crippen molar-refractivity contribution in [1.29, 1.82) is 0 Å². The molecule has 0 saturated heterocycles. The lowest BCUT2D eigenvalue weighted by atomic mass is 9.85. The van der Waals surface area contributed by atoms with Crippen molar-refractivity contribution in [3.05, 3.63) is 48.3 Å². The number of aromatic hydroxyl groups is 1. The molecule has 1 aliphatic rings. The first-order chi connectivity index (χ1) is 8.22. The Balaban J connectivity index is 2.42. The minimum Gasteiger partial charge on any atom is -0.508 e. The van der Waals surface area contributed by atoms with Crippen LogP contribution in [-0.2, 0) is 0 Å². The molecule has 0 spiro atoms. The predicted octanol–water partition coefficient (Wildman–Crippen LogP) is 4.13. The van der Waals surface area contributed by atoms with E-state index in [-0.39, 0.29) is 5.92 Å². The van der Waals surface area contributed by atoms with Crippen LogP contribution in [0.5, 0.6) is 11.5 Å². The number of allylic oxidation sites excluding steroid dienone is 2. The maximum Gasteiger partial charge on any atom is 0.133 e. The maximum absolute atomic E-state index is 10.0. The number of ether oxygens (including phenoxy) is 1. The molecule has 1 atom stereocenters. The van der Waals surface area contributed by atoms with Gasteiger partial charge in [0.25, 0.3) is 0 Å². The van der Waals surface area contributed by atoms with Crippen molar-refractivity contribution in [2.45, 2.75) is 32.1 Å². The Kier molecular flexibility index (Phi) is 3.52. The van der Waals surface area contributed by atoms with Gasteiger partial charge in [0, 0.05) is 11.5 Å². The highest BCUT2D eigenvalue weighted by atomic mass is 16.5. The van der Waals surface area contributed by atoms with Crippen molar-refractivity contribution >= 4 is 0 Å². The summed E-state index contributed by atoms with van der Waals surface area (Å²) in [6.07, 6.45) is 7.01. The normalized spacial score (nSPS) is 19.6. The molecule has 2 rings (SSSR count). The average molecular weight is 230 g/mol. The second-order valence-corrected chi connectivity index (χ2v) is 4.49. The van der Waals surface area contributed by atoms with Gasteiger partial charge in [0.15, 0.2) is 0 Å². The minimum absolute atomic E-state index is 0.250. The molecule has 0 heterocycles. The van der Waals surface area contributed by atoms with Gasteiger partial charge in [-0.15, -0.1) is 0 Å². The molecule has 90 valence electrons. The Labute approximate surface area is 102 Å². The smallest absolute Gasteiger partial charge is 0.133 e. The topological polar surface area (TPSA) is 29.5 Å². The molecule has 17 heavy (non-hydrogen) atoms. The van der Waals surface area contributed by atoms with Crippen LogP contribution in [0, 0.1) is 0 Å². The Hall–Kier alpha value is -1.70. The molecule has 2 heteroatoms. The van der Waals surface area contributed by atoms with E-state index in [1.54, 1.807) is 12.1 Å². The molecule has 0 fully saturated rings. The Bertz CT molecular complexity index is 446. The van der Waals surface area contributed by atoms with Gasteiger partial charge in [-0.1, -0.05) is 24.3 Å². The Morgan fingerprint density at radius 2 is 2.29 bits per heavy atom. The quantitative estimate of drug-likeness (QED) is 0.625. The standard InChI is InChI=1S/C15H18O2/c1-3-17-14-9-5-8-13(16)15(14)12-7-4-6-11(2)10-12/h3,5,8-10,12,16H,1,4,6-7H2,2H3. The first-order valence-corrected chi connectivity index (χ1v) is 5.99. The molecule has 1 aliphatic carbocycles. The van der Waals surface area contributed by atoms with Crippen LogP contribution in [0.2, 0.25) is 0 Å². The molecule has 0 aliphatic heterocycles. The van der Waals surface area contributed by atoms with Crippen LogP contribution in [0.1, 0.15) is 37.7 Å². The van der Waals surface area contributed by atoms with Gasteiger partial charge >= 0.3 is 0 Å². The molecule has 1 aromatic carbocycles. The fourth-order valence-electron chi connectivity index (χ4n) is 2.44. The second-order valence-electron chi connectivity index (χ2n) is 4.49. The van der Waals surface area contributed by atoms with Gasteiger partial charge in [-0.2, -0.15) is 0 Å². The van der Waals surface area contributed by atoms with Crippen molar-refractivity contribution in [2.75, 3.05) is 0 Å². The van der Waals surface area contributed by atoms with E-state index < -0.39 is 0 Å². The number of phenolic OH excluding ortho intramolecular Hbond substituents is 1. The number of hydrogen-bond acceptors (Lipinski definition) is 2. The van der Waals surface area contributed by atoms with Crippen LogP contribution in [0.25, 0.3) is 0 Å². The predicted molar refractivity (Wildman–Crippen MR) is 69.3 cm³/mol. The zero-order chi connectivity index (χ0) is 12.3. The molecule has 0 aromatic heterocycles. The van der Waals surface area contributed by atoms with Crippen molar-refractivity contribution in [2.24, 2.45) is 0 Å². The van der Waals surface area contributed by atoms with E-state index >= 15 is 0 Å². The van der Waals surface area contributed by atoms with E-state index in [4.69, 9.17) is 4.74 Å². The molecule has 1 N–H and O–H groups in total. The van der Waals surface area contributed by atoms with Gasteiger partial charge in [-0.25, -0.2) is 0 Å². The molecule has 2 nitrogen and oxygen atoms in total. The highest BCUT2D eigenvalue weighted by Gasteiger charge is 2.20. The Morgan fingerprint density at radius 3 is 3.00 bits per heavy atom. The van der Waals surface area contributed by atoms with Gasteiger partial charge in [-0.05, 0) is 38.3 Å². The minimum atomic E-state index is 0.250. The van der Waals surface area contributed by atoms with Crippen LogP contribution in [0.4, 0.5) is 0 Å². The van der Waals surface area contributed by atoms with Gasteiger partial charge in [0.05, 0.1) is 6.26 Å². The van der Waals surface area contributed by atoms with Crippen molar-refractivity contribution in [3.8, 4) is 11.5 Å². The zero-order valence-electron chi connectivity index (χ0n) is 10.1. The summed E-state index contributed by atoms with van der Waals surface area (Å²) in [6.45, 7) is 5.71. The van der Waals surface area contributed by atoms with E-state index in [9.17, 15) is 5.11 Å². The molecule has 0 amide bonds. The van der Waals surface area contributed by atoms with Crippen LogP contribution in [-0.4, -0.2) is 5.11 Å². The van der Waals surface area contributed by atoms with Crippen LogP contribution < -0.4 is 4.74 Å². The number of hydrogen-bond donors (Lipinski definition) is 1. The van der Waals surface area contributed by atoms with Crippen molar-refractivity contribution in [3.63, 3.8) is 0 Å². The van der Waals surface area contributed by atoms with E-state index in [1.165, 1.54) is 11.8 Å². The fraction of sp³-hybridized carbons (Fsp3) is 0.333. The second kappa shape index (κ2) is 5.09. The third kappa shape index (κ3) is 2.52. The average Bonchev–Trinajstić information content (AvgIpc) is 2.29. The maximum atomic E-state index is 10.0. The first-order valence-electron chi connectivity index (χ1n) is 5.99. The van der Waals surface area contributed by atoms with Crippen molar-refractivity contribution in [1.82, 2.24) is 0 Å². The summed E-state index contributed by atoms with van der Waals surface area (Å²) in [7, 11) is 0. The molecule has 1 aromatic rings. The lowest BCUT2D eigenvalue weighted by molar-refractivity contribution is 0.434. The molecule has 0 saturated carbocycles. The molecular weight excluding hydrogens is 212 g/mol. The lowest BCUT2D eigenvalue weighted by Crippen LogP contribution is -2.04. The summed E-state index contributed by atoms with van der Waals surface area (Å²) in [6, 6.07) is 5.37. The summed E-state index contributed by atoms with van der Waals surface area (Å²) in [5.74, 6) is 1.26. The van der Waals surface area contributed by atoms with Gasteiger partial charge < -0.3 is 9.84 Å². The molecule has 0 bridgehead atoms. The fourth-order valence-corrected chi connectivity index (χ4v) is 2.44. The monoisotopic (exact) mass is 230 g/mol. The SMILES string of the molecule is C=COc1cccc(O)c1C1C=C(C)CCC1. The van der Waals surface area contributed by atoms with Crippen molar-refractivity contribution < 1.29 is 9.84 Å². The Morgan fingerprint density at radius 1 is 1.47 bits per heavy atom. The largest absolute Gasteiger partial charge is 0.508 e. The van der Waals surface area contributed by atoms with E-state index in [0.717, 1.165) is 24.8 Å². The van der Waals surface area contributed by atoms with Gasteiger partial charge in [-0.3, -0.25) is 0 Å². The van der Waals surface area contributed by atoms with E-state index in [2.05, 4.69) is 19.6 Å². The first kappa shape index (κ1) is 11.8. The third-order valence-electron chi connectivity index (χ3n) is 3.20. The molecular formula is C15H18O2. The van der Waals surface area contributed by atoms with Crippen LogP contribution in [0.15, 0.2) is 42.7 Å². The summed E-state index contributed by atoms with van der Waals surface area (Å²) in [5.41, 5.74) is 2.26. The summed E-state index contributed by atoms with van der Waals surface area (Å²) in [5, 5.41) is 10.0. The highest BCUT2D eigenvalue weighted by molar-refractivity contribution is 5.48. The zero-order valence-corrected chi connectivity index (χ0v) is 10.1. The van der Waals surface area contributed by atoms with E-state index in [0.29, 0.717) is 11.5 Å². The molecule has 0 radical (unpaired) electrons. The number of phenols is 1. The third-order valence-corrected chi connectivity index (χ3v) is 3.20.